The van der Waals surface area contributed by atoms with Crippen LogP contribution in [0.3, 0.4) is 0 Å². The van der Waals surface area contributed by atoms with E-state index < -0.39 is 22.6 Å². The van der Waals surface area contributed by atoms with E-state index in [-0.39, 0.29) is 24.3 Å². The van der Waals surface area contributed by atoms with Crippen molar-refractivity contribution in [2.75, 3.05) is 25.1 Å². The number of rotatable bonds is 7. The fourth-order valence-electron chi connectivity index (χ4n) is 3.68. The highest BCUT2D eigenvalue weighted by molar-refractivity contribution is 6.21. The number of benzene rings is 3. The zero-order chi connectivity index (χ0) is 23.5. The molecule has 3 aromatic rings. The summed E-state index contributed by atoms with van der Waals surface area (Å²) in [6, 6.07) is 18.7. The maximum absolute atomic E-state index is 13.4. The van der Waals surface area contributed by atoms with Crippen LogP contribution in [-0.2, 0) is 0 Å². The van der Waals surface area contributed by atoms with Crippen molar-refractivity contribution in [2.24, 2.45) is 0 Å². The summed E-state index contributed by atoms with van der Waals surface area (Å²) in [6.45, 7) is -0.0651. The molecule has 0 aliphatic carbocycles. The van der Waals surface area contributed by atoms with Gasteiger partial charge in [0.25, 0.3) is 23.4 Å². The van der Waals surface area contributed by atoms with Crippen LogP contribution in [0.5, 0.6) is 5.75 Å². The van der Waals surface area contributed by atoms with Gasteiger partial charge in [-0.25, -0.2) is 0 Å². The van der Waals surface area contributed by atoms with Gasteiger partial charge in [0.15, 0.2) is 0 Å². The third-order valence-corrected chi connectivity index (χ3v) is 5.34. The molecule has 0 fully saturated rings. The van der Waals surface area contributed by atoms with E-state index in [4.69, 9.17) is 4.74 Å². The minimum atomic E-state index is -0.578. The van der Waals surface area contributed by atoms with Crippen LogP contribution in [0.4, 0.5) is 11.4 Å². The Morgan fingerprint density at radius 3 is 2.27 bits per heavy atom. The SMILES string of the molecule is COc1cccc(N(CCN2C(=O)c3ccccc3C2=O)C(=O)c2cccc([N+](=O)[O-])c2)c1. The molecule has 4 rings (SSSR count). The number of amides is 3. The van der Waals surface area contributed by atoms with Crippen LogP contribution in [0.25, 0.3) is 0 Å². The van der Waals surface area contributed by atoms with E-state index in [1.54, 1.807) is 48.5 Å². The molecule has 3 aromatic carbocycles. The largest absolute Gasteiger partial charge is 0.497 e. The number of anilines is 1. The number of hydrogen-bond acceptors (Lipinski definition) is 6. The average molecular weight is 445 g/mol. The third-order valence-electron chi connectivity index (χ3n) is 5.34. The average Bonchev–Trinajstić information content (AvgIpc) is 3.09. The molecule has 1 aliphatic rings. The van der Waals surface area contributed by atoms with Crippen molar-refractivity contribution in [1.82, 2.24) is 4.90 Å². The van der Waals surface area contributed by atoms with Crippen LogP contribution in [-0.4, -0.2) is 47.7 Å². The molecule has 0 saturated heterocycles. The highest BCUT2D eigenvalue weighted by atomic mass is 16.6. The van der Waals surface area contributed by atoms with Crippen LogP contribution in [0, 0.1) is 10.1 Å². The smallest absolute Gasteiger partial charge is 0.270 e. The number of fused-ring (bicyclic) bond motifs is 1. The monoisotopic (exact) mass is 445 g/mol. The van der Waals surface area contributed by atoms with Crippen molar-refractivity contribution < 1.29 is 24.0 Å². The van der Waals surface area contributed by atoms with Gasteiger partial charge in [-0.2, -0.15) is 0 Å². The van der Waals surface area contributed by atoms with Crippen LogP contribution in [0.1, 0.15) is 31.1 Å². The van der Waals surface area contributed by atoms with Gasteiger partial charge in [-0.05, 0) is 30.3 Å². The van der Waals surface area contributed by atoms with Crippen LogP contribution < -0.4 is 9.64 Å². The van der Waals surface area contributed by atoms with E-state index >= 15 is 0 Å². The van der Waals surface area contributed by atoms with Gasteiger partial charge in [0.2, 0.25) is 0 Å². The number of nitrogens with zero attached hydrogens (tertiary/aromatic N) is 3. The summed E-state index contributed by atoms with van der Waals surface area (Å²) in [5.74, 6) is -0.860. The normalized spacial score (nSPS) is 12.5. The summed E-state index contributed by atoms with van der Waals surface area (Å²) in [7, 11) is 1.49. The van der Waals surface area contributed by atoms with Gasteiger partial charge in [-0.1, -0.05) is 24.3 Å². The quantitative estimate of drug-likeness (QED) is 0.313. The molecule has 9 nitrogen and oxygen atoms in total. The highest BCUT2D eigenvalue weighted by Crippen LogP contribution is 2.26. The molecule has 9 heteroatoms. The van der Waals surface area contributed by atoms with Crippen molar-refractivity contribution in [1.29, 1.82) is 0 Å². The van der Waals surface area contributed by atoms with Crippen LogP contribution in [0.15, 0.2) is 72.8 Å². The maximum atomic E-state index is 13.4. The number of carbonyl (C=O) groups excluding carboxylic acids is 3. The highest BCUT2D eigenvalue weighted by Gasteiger charge is 2.35. The van der Waals surface area contributed by atoms with E-state index in [0.717, 1.165) is 4.90 Å². The Morgan fingerprint density at radius 1 is 0.970 bits per heavy atom. The molecule has 1 aliphatic heterocycles. The minimum absolute atomic E-state index is 0.0137. The van der Waals surface area contributed by atoms with Crippen LogP contribution in [0.2, 0.25) is 0 Å². The second kappa shape index (κ2) is 8.91. The summed E-state index contributed by atoms with van der Waals surface area (Å²) in [4.78, 5) is 51.9. The number of ether oxygens (including phenoxy) is 1. The Bertz CT molecular complexity index is 1240. The molecule has 1 heterocycles. The van der Waals surface area contributed by atoms with Crippen molar-refractivity contribution in [3.63, 3.8) is 0 Å². The van der Waals surface area contributed by atoms with E-state index in [9.17, 15) is 24.5 Å². The topological polar surface area (TPSA) is 110 Å². The molecule has 0 saturated carbocycles. The molecule has 0 aromatic heterocycles. The second-order valence-corrected chi connectivity index (χ2v) is 7.27. The zero-order valence-corrected chi connectivity index (χ0v) is 17.6. The van der Waals surface area contributed by atoms with E-state index in [1.807, 2.05) is 0 Å². The minimum Gasteiger partial charge on any atom is -0.497 e. The van der Waals surface area contributed by atoms with Crippen molar-refractivity contribution in [3.8, 4) is 5.75 Å². The molecular weight excluding hydrogens is 426 g/mol. The third kappa shape index (κ3) is 4.16. The predicted octanol–water partition coefficient (Wildman–Crippen LogP) is 3.55. The molecule has 0 spiro atoms. The second-order valence-electron chi connectivity index (χ2n) is 7.27. The number of hydrogen-bond donors (Lipinski definition) is 0. The van der Waals surface area contributed by atoms with E-state index in [2.05, 4.69) is 0 Å². The van der Waals surface area contributed by atoms with E-state index in [1.165, 1.54) is 36.3 Å². The Balaban J connectivity index is 1.65. The summed E-state index contributed by atoms with van der Waals surface area (Å²) >= 11 is 0. The molecular formula is C24H19N3O6. The molecule has 0 radical (unpaired) electrons. The summed E-state index contributed by atoms with van der Waals surface area (Å²) in [5.41, 5.74) is 0.990. The van der Waals surface area contributed by atoms with Crippen molar-refractivity contribution in [2.45, 2.75) is 0 Å². The van der Waals surface area contributed by atoms with E-state index in [0.29, 0.717) is 22.6 Å². The lowest BCUT2D eigenvalue weighted by atomic mass is 10.1. The van der Waals surface area contributed by atoms with Crippen LogP contribution >= 0.6 is 0 Å². The van der Waals surface area contributed by atoms with Crippen molar-refractivity contribution in [3.05, 3.63) is 99.6 Å². The lowest BCUT2D eigenvalue weighted by Crippen LogP contribution is -2.41. The molecule has 166 valence electrons. The fourth-order valence-corrected chi connectivity index (χ4v) is 3.68. The number of carbonyl (C=O) groups is 3. The van der Waals surface area contributed by atoms with Gasteiger partial charge in [-0.15, -0.1) is 0 Å². The fraction of sp³-hybridized carbons (Fsp3) is 0.125. The first-order valence-corrected chi connectivity index (χ1v) is 10.1. The molecule has 0 atom stereocenters. The lowest BCUT2D eigenvalue weighted by molar-refractivity contribution is -0.384. The van der Waals surface area contributed by atoms with Gasteiger partial charge in [-0.3, -0.25) is 29.4 Å². The first-order valence-electron chi connectivity index (χ1n) is 10.1. The Kier molecular flexibility index (Phi) is 5.86. The van der Waals surface area contributed by atoms with Gasteiger partial charge in [0.1, 0.15) is 5.75 Å². The van der Waals surface area contributed by atoms with Gasteiger partial charge in [0.05, 0.1) is 23.2 Å². The number of methoxy groups -OCH3 is 1. The molecule has 0 bridgehead atoms. The molecule has 0 N–H and O–H groups in total. The predicted molar refractivity (Wildman–Crippen MR) is 120 cm³/mol. The Hall–Kier alpha value is -4.53. The molecule has 3 amide bonds. The summed E-state index contributed by atoms with van der Waals surface area (Å²) in [5, 5.41) is 11.2. The first kappa shape index (κ1) is 21.7. The summed E-state index contributed by atoms with van der Waals surface area (Å²) < 4.78 is 5.25. The maximum Gasteiger partial charge on any atom is 0.270 e. The Labute approximate surface area is 189 Å². The number of imide groups is 1. The molecule has 0 unspecified atom stereocenters. The lowest BCUT2D eigenvalue weighted by Gasteiger charge is -2.25. The number of nitro groups is 1. The van der Waals surface area contributed by atoms with Crippen molar-refractivity contribution >= 4 is 29.1 Å². The number of non-ortho nitro benzene ring substituents is 1. The number of nitro benzene ring substituents is 1. The van der Waals surface area contributed by atoms with Gasteiger partial charge < -0.3 is 9.64 Å². The van der Waals surface area contributed by atoms with Gasteiger partial charge in [0, 0.05) is 42.5 Å². The summed E-state index contributed by atoms with van der Waals surface area (Å²) in [6.07, 6.45) is 0. The molecule has 33 heavy (non-hydrogen) atoms. The zero-order valence-electron chi connectivity index (χ0n) is 17.6. The standard InChI is InChI=1S/C24H19N3O6/c1-33-19-9-5-7-17(15-19)25(22(28)16-6-4-8-18(14-16)27(31)32)12-13-26-23(29)20-10-2-3-11-21(20)24(26)30/h2-11,14-15H,12-13H2,1H3. The Morgan fingerprint density at radius 2 is 1.64 bits per heavy atom. The van der Waals surface area contributed by atoms with Gasteiger partial charge >= 0.3 is 0 Å². The first-order chi connectivity index (χ1) is 15.9.